The highest BCUT2D eigenvalue weighted by atomic mass is 32.2. The number of nitrogens with one attached hydrogen (secondary N) is 1. The molecule has 1 aromatic heterocycles. The summed E-state index contributed by atoms with van der Waals surface area (Å²) in [7, 11) is 1.63. The van der Waals surface area contributed by atoms with Crippen LogP contribution >= 0.6 is 11.8 Å². The number of aromatic nitrogens is 1. The van der Waals surface area contributed by atoms with E-state index in [2.05, 4.69) is 10.3 Å². The first-order valence-electron chi connectivity index (χ1n) is 8.74. The summed E-state index contributed by atoms with van der Waals surface area (Å²) >= 11 is 1.48. The zero-order chi connectivity index (χ0) is 19.3. The Morgan fingerprint density at radius 2 is 1.79 bits per heavy atom. The van der Waals surface area contributed by atoms with E-state index in [0.29, 0.717) is 11.6 Å². The van der Waals surface area contributed by atoms with Gasteiger partial charge in [0.15, 0.2) is 5.58 Å². The van der Waals surface area contributed by atoms with E-state index < -0.39 is 0 Å². The van der Waals surface area contributed by atoms with E-state index in [1.807, 2.05) is 72.8 Å². The molecule has 0 aliphatic carbocycles. The number of para-hydroxylation sites is 2. The molecular formula is C22H18N2O3S. The molecule has 4 rings (SSSR count). The number of thioether (sulfide) groups is 1. The number of oxazole rings is 1. The number of amides is 1. The molecule has 0 aliphatic heterocycles. The molecule has 1 N–H and O–H groups in total. The maximum atomic E-state index is 12.2. The Hall–Kier alpha value is -3.25. The zero-order valence-corrected chi connectivity index (χ0v) is 16.0. The molecule has 0 spiro atoms. The summed E-state index contributed by atoms with van der Waals surface area (Å²) in [6.07, 6.45) is 0. The van der Waals surface area contributed by atoms with Crippen LogP contribution in [-0.4, -0.2) is 23.8 Å². The first-order chi connectivity index (χ1) is 13.7. The van der Waals surface area contributed by atoms with Gasteiger partial charge in [-0.1, -0.05) is 12.1 Å². The topological polar surface area (TPSA) is 64.4 Å². The smallest absolute Gasteiger partial charge is 0.234 e. The SMILES string of the molecule is COc1ccc(SCC(=O)Nc2ccc(-c3nc4ccccc4o3)cc2)cc1. The molecule has 0 unspecified atom stereocenters. The molecule has 0 saturated carbocycles. The largest absolute Gasteiger partial charge is 0.497 e. The summed E-state index contributed by atoms with van der Waals surface area (Å²) < 4.78 is 10.9. The van der Waals surface area contributed by atoms with Gasteiger partial charge >= 0.3 is 0 Å². The van der Waals surface area contributed by atoms with Crippen molar-refractivity contribution in [2.24, 2.45) is 0 Å². The third-order valence-electron chi connectivity index (χ3n) is 4.14. The average molecular weight is 390 g/mol. The van der Waals surface area contributed by atoms with Crippen molar-refractivity contribution < 1.29 is 13.9 Å². The van der Waals surface area contributed by atoms with Gasteiger partial charge in [0.05, 0.1) is 12.9 Å². The molecular weight excluding hydrogens is 372 g/mol. The second kappa shape index (κ2) is 8.19. The number of hydrogen-bond acceptors (Lipinski definition) is 5. The fraction of sp³-hybridized carbons (Fsp3) is 0.0909. The third-order valence-corrected chi connectivity index (χ3v) is 5.15. The number of fused-ring (bicyclic) bond motifs is 1. The van der Waals surface area contributed by atoms with Crippen molar-refractivity contribution in [2.45, 2.75) is 4.90 Å². The molecule has 28 heavy (non-hydrogen) atoms. The quantitative estimate of drug-likeness (QED) is 0.457. The van der Waals surface area contributed by atoms with Crippen LogP contribution in [0.5, 0.6) is 5.75 Å². The monoisotopic (exact) mass is 390 g/mol. The van der Waals surface area contributed by atoms with Gasteiger partial charge in [0.2, 0.25) is 11.8 Å². The number of carbonyl (C=O) groups is 1. The predicted molar refractivity (Wildman–Crippen MR) is 112 cm³/mol. The number of methoxy groups -OCH3 is 1. The van der Waals surface area contributed by atoms with E-state index in [9.17, 15) is 4.79 Å². The fourth-order valence-electron chi connectivity index (χ4n) is 2.71. The molecule has 0 radical (unpaired) electrons. The Balaban J connectivity index is 1.36. The summed E-state index contributed by atoms with van der Waals surface area (Å²) in [4.78, 5) is 17.7. The second-order valence-electron chi connectivity index (χ2n) is 6.08. The zero-order valence-electron chi connectivity index (χ0n) is 15.2. The lowest BCUT2D eigenvalue weighted by atomic mass is 10.2. The van der Waals surface area contributed by atoms with E-state index in [0.717, 1.165) is 33.0 Å². The molecule has 1 amide bonds. The molecule has 1 heterocycles. The summed E-state index contributed by atoms with van der Waals surface area (Å²) in [5, 5.41) is 2.90. The molecule has 0 fully saturated rings. The molecule has 0 atom stereocenters. The van der Waals surface area contributed by atoms with Crippen molar-refractivity contribution in [1.29, 1.82) is 0 Å². The van der Waals surface area contributed by atoms with Crippen LogP contribution in [0.4, 0.5) is 5.69 Å². The van der Waals surface area contributed by atoms with Crippen molar-refractivity contribution in [3.8, 4) is 17.2 Å². The highest BCUT2D eigenvalue weighted by molar-refractivity contribution is 8.00. The van der Waals surface area contributed by atoms with E-state index in [4.69, 9.17) is 9.15 Å². The molecule has 6 heteroatoms. The van der Waals surface area contributed by atoms with E-state index in [-0.39, 0.29) is 5.91 Å². The third kappa shape index (κ3) is 4.18. The van der Waals surface area contributed by atoms with Crippen LogP contribution in [0.15, 0.2) is 82.1 Å². The Kier molecular flexibility index (Phi) is 5.30. The Bertz CT molecular complexity index is 1060. The van der Waals surface area contributed by atoms with Crippen LogP contribution in [0.25, 0.3) is 22.6 Å². The fourth-order valence-corrected chi connectivity index (χ4v) is 3.41. The molecule has 3 aromatic carbocycles. The molecule has 140 valence electrons. The molecule has 0 aliphatic rings. The number of ether oxygens (including phenoxy) is 1. The van der Waals surface area contributed by atoms with Crippen molar-refractivity contribution in [3.63, 3.8) is 0 Å². The number of hydrogen-bond donors (Lipinski definition) is 1. The Morgan fingerprint density at radius 1 is 1.04 bits per heavy atom. The summed E-state index contributed by atoms with van der Waals surface area (Å²) in [6.45, 7) is 0. The number of carbonyl (C=O) groups excluding carboxylic acids is 1. The van der Waals surface area contributed by atoms with Gasteiger partial charge in [-0.3, -0.25) is 4.79 Å². The van der Waals surface area contributed by atoms with Gasteiger partial charge in [-0.2, -0.15) is 0 Å². The highest BCUT2D eigenvalue weighted by Crippen LogP contribution is 2.25. The van der Waals surface area contributed by atoms with Gasteiger partial charge in [-0.25, -0.2) is 4.98 Å². The normalized spacial score (nSPS) is 10.8. The second-order valence-corrected chi connectivity index (χ2v) is 7.13. The minimum absolute atomic E-state index is 0.0598. The molecule has 0 saturated heterocycles. The minimum Gasteiger partial charge on any atom is -0.497 e. The molecule has 0 bridgehead atoms. The average Bonchev–Trinajstić information content (AvgIpc) is 3.17. The molecule has 5 nitrogen and oxygen atoms in total. The van der Waals surface area contributed by atoms with Crippen molar-refractivity contribution in [2.75, 3.05) is 18.2 Å². The van der Waals surface area contributed by atoms with Gasteiger partial charge in [-0.05, 0) is 60.7 Å². The lowest BCUT2D eigenvalue weighted by Gasteiger charge is -2.06. The van der Waals surface area contributed by atoms with Crippen LogP contribution < -0.4 is 10.1 Å². The number of anilines is 1. The standard InChI is InChI=1S/C22H18N2O3S/c1-26-17-10-12-18(13-11-17)28-14-21(25)23-16-8-6-15(7-9-16)22-24-19-4-2-3-5-20(19)27-22/h2-13H,14H2,1H3,(H,23,25). The summed E-state index contributed by atoms with van der Waals surface area (Å²) in [6, 6.07) is 22.7. The van der Waals surface area contributed by atoms with E-state index in [1.54, 1.807) is 7.11 Å². The van der Waals surface area contributed by atoms with Crippen LogP contribution in [0.3, 0.4) is 0 Å². The van der Waals surface area contributed by atoms with E-state index >= 15 is 0 Å². The Labute approximate surface area is 166 Å². The van der Waals surface area contributed by atoms with Crippen LogP contribution in [0, 0.1) is 0 Å². The minimum atomic E-state index is -0.0598. The first kappa shape index (κ1) is 18.1. The maximum Gasteiger partial charge on any atom is 0.234 e. The van der Waals surface area contributed by atoms with Gasteiger partial charge in [0, 0.05) is 16.1 Å². The van der Waals surface area contributed by atoms with Crippen molar-refractivity contribution >= 4 is 34.5 Å². The number of benzene rings is 3. The van der Waals surface area contributed by atoms with Crippen molar-refractivity contribution in [3.05, 3.63) is 72.8 Å². The highest BCUT2D eigenvalue weighted by Gasteiger charge is 2.09. The molecule has 4 aromatic rings. The summed E-state index contributed by atoms with van der Waals surface area (Å²) in [5.74, 6) is 1.64. The number of nitrogens with zero attached hydrogens (tertiary/aromatic N) is 1. The lowest BCUT2D eigenvalue weighted by molar-refractivity contribution is -0.113. The summed E-state index contributed by atoms with van der Waals surface area (Å²) in [5.41, 5.74) is 3.18. The van der Waals surface area contributed by atoms with Crippen LogP contribution in [-0.2, 0) is 4.79 Å². The van der Waals surface area contributed by atoms with Crippen molar-refractivity contribution in [1.82, 2.24) is 4.98 Å². The van der Waals surface area contributed by atoms with Gasteiger partial charge in [0.1, 0.15) is 11.3 Å². The van der Waals surface area contributed by atoms with Gasteiger partial charge in [0.25, 0.3) is 0 Å². The maximum absolute atomic E-state index is 12.2. The Morgan fingerprint density at radius 3 is 2.50 bits per heavy atom. The van der Waals surface area contributed by atoms with Crippen LogP contribution in [0.2, 0.25) is 0 Å². The number of rotatable bonds is 6. The van der Waals surface area contributed by atoms with Crippen LogP contribution in [0.1, 0.15) is 0 Å². The van der Waals surface area contributed by atoms with Gasteiger partial charge in [-0.15, -0.1) is 11.8 Å². The van der Waals surface area contributed by atoms with Gasteiger partial charge < -0.3 is 14.5 Å². The first-order valence-corrected chi connectivity index (χ1v) is 9.72. The predicted octanol–water partition coefficient (Wildman–Crippen LogP) is 5.23. The van der Waals surface area contributed by atoms with E-state index in [1.165, 1.54) is 11.8 Å². The lowest BCUT2D eigenvalue weighted by Crippen LogP contribution is -2.13.